The van der Waals surface area contributed by atoms with Crippen molar-refractivity contribution >= 4 is 22.2 Å². The van der Waals surface area contributed by atoms with E-state index in [1.807, 2.05) is 18.2 Å². The van der Waals surface area contributed by atoms with Gasteiger partial charge in [-0.25, -0.2) is 4.98 Å². The zero-order chi connectivity index (χ0) is 14.8. The van der Waals surface area contributed by atoms with Gasteiger partial charge in [-0.15, -0.1) is 0 Å². The normalized spacial score (nSPS) is 11.7. The van der Waals surface area contributed by atoms with E-state index in [9.17, 15) is 0 Å². The molecule has 0 aliphatic heterocycles. The van der Waals surface area contributed by atoms with E-state index in [4.69, 9.17) is 4.98 Å². The Morgan fingerprint density at radius 3 is 2.45 bits per heavy atom. The van der Waals surface area contributed by atoms with E-state index in [0.717, 1.165) is 23.1 Å². The summed E-state index contributed by atoms with van der Waals surface area (Å²) in [6.45, 7) is 9.50. The zero-order valence-electron chi connectivity index (χ0n) is 12.9. The molecule has 1 aromatic heterocycles. The number of aromatic nitrogens is 1. The Morgan fingerprint density at radius 2 is 1.85 bits per heavy atom. The fourth-order valence-electron chi connectivity index (χ4n) is 1.83. The van der Waals surface area contributed by atoms with E-state index in [2.05, 4.69) is 57.1 Å². The van der Waals surface area contributed by atoms with Gasteiger partial charge in [0.25, 0.3) is 0 Å². The van der Waals surface area contributed by atoms with Crippen molar-refractivity contribution in [2.75, 3.05) is 11.9 Å². The van der Waals surface area contributed by atoms with Gasteiger partial charge in [0.1, 0.15) is 0 Å². The quantitative estimate of drug-likeness (QED) is 0.918. The fraction of sp³-hybridized carbons (Fsp3) is 0.438. The van der Waals surface area contributed by atoms with Gasteiger partial charge in [-0.05, 0) is 39.8 Å². The minimum atomic E-state index is 0.127. The Hall–Kier alpha value is -1.39. The van der Waals surface area contributed by atoms with Crippen LogP contribution in [-0.4, -0.2) is 17.6 Å². The summed E-state index contributed by atoms with van der Waals surface area (Å²) in [5.74, 6) is 0. The standard InChI is InChI=1S/C16H23N3S/c1-12-14(11-17-16(2,3)4)20-15(18-12)19(5)13-9-7-6-8-10-13/h6-10,17H,11H2,1-5H3. The third-order valence-electron chi connectivity index (χ3n) is 3.09. The maximum absolute atomic E-state index is 4.69. The van der Waals surface area contributed by atoms with Crippen LogP contribution in [0.1, 0.15) is 31.3 Å². The summed E-state index contributed by atoms with van der Waals surface area (Å²) in [6, 6.07) is 10.3. The molecule has 0 atom stereocenters. The average molecular weight is 289 g/mol. The van der Waals surface area contributed by atoms with Crippen molar-refractivity contribution in [3.63, 3.8) is 0 Å². The molecule has 20 heavy (non-hydrogen) atoms. The van der Waals surface area contributed by atoms with Crippen molar-refractivity contribution in [1.29, 1.82) is 0 Å². The Labute approximate surface area is 125 Å². The van der Waals surface area contributed by atoms with Gasteiger partial charge >= 0.3 is 0 Å². The Balaban J connectivity index is 2.15. The summed E-state index contributed by atoms with van der Waals surface area (Å²) in [6.07, 6.45) is 0. The number of thiazole rings is 1. The van der Waals surface area contributed by atoms with Gasteiger partial charge < -0.3 is 10.2 Å². The number of hydrogen-bond donors (Lipinski definition) is 1. The van der Waals surface area contributed by atoms with Crippen molar-refractivity contribution < 1.29 is 0 Å². The van der Waals surface area contributed by atoms with Gasteiger partial charge in [-0.3, -0.25) is 0 Å². The molecule has 1 N–H and O–H groups in total. The molecule has 0 amide bonds. The molecule has 3 nitrogen and oxygen atoms in total. The molecular formula is C16H23N3S. The summed E-state index contributed by atoms with van der Waals surface area (Å²) in [5.41, 5.74) is 2.41. The lowest BCUT2D eigenvalue weighted by Crippen LogP contribution is -2.34. The summed E-state index contributed by atoms with van der Waals surface area (Å²) in [4.78, 5) is 8.13. The van der Waals surface area contributed by atoms with E-state index in [1.165, 1.54) is 4.88 Å². The first-order chi connectivity index (χ1) is 9.37. The maximum Gasteiger partial charge on any atom is 0.190 e. The summed E-state index contributed by atoms with van der Waals surface area (Å²) in [5, 5.41) is 4.56. The van der Waals surface area contributed by atoms with Crippen LogP contribution in [-0.2, 0) is 6.54 Å². The van der Waals surface area contributed by atoms with Crippen LogP contribution in [0.5, 0.6) is 0 Å². The Kier molecular flexibility index (Phi) is 4.45. The first kappa shape index (κ1) is 15.0. The van der Waals surface area contributed by atoms with E-state index in [0.29, 0.717) is 0 Å². The molecule has 0 bridgehead atoms. The number of aryl methyl sites for hydroxylation is 1. The van der Waals surface area contributed by atoms with Gasteiger partial charge in [-0.2, -0.15) is 0 Å². The van der Waals surface area contributed by atoms with Crippen LogP contribution in [0.15, 0.2) is 30.3 Å². The van der Waals surface area contributed by atoms with Crippen molar-refractivity contribution in [3.05, 3.63) is 40.9 Å². The highest BCUT2D eigenvalue weighted by molar-refractivity contribution is 7.15. The highest BCUT2D eigenvalue weighted by Crippen LogP contribution is 2.30. The summed E-state index contributed by atoms with van der Waals surface area (Å²) >= 11 is 1.76. The molecule has 0 saturated heterocycles. The molecule has 0 saturated carbocycles. The molecule has 0 radical (unpaired) electrons. The van der Waals surface area contributed by atoms with Crippen LogP contribution in [0.3, 0.4) is 0 Å². The number of hydrogen-bond acceptors (Lipinski definition) is 4. The largest absolute Gasteiger partial charge is 0.321 e. The molecule has 0 aliphatic carbocycles. The van der Waals surface area contributed by atoms with Crippen molar-refractivity contribution in [3.8, 4) is 0 Å². The van der Waals surface area contributed by atoms with Gasteiger partial charge in [0, 0.05) is 29.7 Å². The van der Waals surface area contributed by atoms with Crippen LogP contribution in [0.4, 0.5) is 10.8 Å². The molecular weight excluding hydrogens is 266 g/mol. The van der Waals surface area contributed by atoms with Crippen LogP contribution in [0, 0.1) is 6.92 Å². The van der Waals surface area contributed by atoms with Gasteiger partial charge in [0.05, 0.1) is 5.69 Å². The van der Waals surface area contributed by atoms with Crippen molar-refractivity contribution in [1.82, 2.24) is 10.3 Å². The third kappa shape index (κ3) is 3.81. The lowest BCUT2D eigenvalue weighted by atomic mass is 10.1. The number of nitrogens with one attached hydrogen (secondary N) is 1. The molecule has 108 valence electrons. The van der Waals surface area contributed by atoms with Crippen LogP contribution < -0.4 is 10.2 Å². The predicted octanol–water partition coefficient (Wildman–Crippen LogP) is 4.11. The van der Waals surface area contributed by atoms with Gasteiger partial charge in [0.2, 0.25) is 0 Å². The number of nitrogens with zero attached hydrogens (tertiary/aromatic N) is 2. The van der Waals surface area contributed by atoms with E-state index in [-0.39, 0.29) is 5.54 Å². The van der Waals surface area contributed by atoms with Gasteiger partial charge in [0.15, 0.2) is 5.13 Å². The van der Waals surface area contributed by atoms with Gasteiger partial charge in [-0.1, -0.05) is 29.5 Å². The first-order valence-electron chi connectivity index (χ1n) is 6.87. The highest BCUT2D eigenvalue weighted by Gasteiger charge is 2.15. The van der Waals surface area contributed by atoms with Crippen LogP contribution in [0.2, 0.25) is 0 Å². The molecule has 1 aromatic carbocycles. The van der Waals surface area contributed by atoms with E-state index >= 15 is 0 Å². The summed E-state index contributed by atoms with van der Waals surface area (Å²) in [7, 11) is 2.06. The smallest absolute Gasteiger partial charge is 0.190 e. The molecule has 0 aliphatic rings. The highest BCUT2D eigenvalue weighted by atomic mass is 32.1. The second kappa shape index (κ2) is 5.94. The SMILES string of the molecule is Cc1nc(N(C)c2ccccc2)sc1CNC(C)(C)C. The van der Waals surface area contributed by atoms with Crippen LogP contribution in [0.25, 0.3) is 0 Å². The topological polar surface area (TPSA) is 28.2 Å². The second-order valence-corrected chi connectivity index (χ2v) is 7.07. The Bertz CT molecular complexity index is 555. The first-order valence-corrected chi connectivity index (χ1v) is 7.68. The number of rotatable bonds is 4. The lowest BCUT2D eigenvalue weighted by Gasteiger charge is -2.20. The average Bonchev–Trinajstić information content (AvgIpc) is 2.77. The third-order valence-corrected chi connectivity index (χ3v) is 4.32. The molecule has 0 unspecified atom stereocenters. The molecule has 0 fully saturated rings. The minimum absolute atomic E-state index is 0.127. The number of para-hydroxylation sites is 1. The minimum Gasteiger partial charge on any atom is -0.321 e. The molecule has 2 aromatic rings. The number of benzene rings is 1. The maximum atomic E-state index is 4.69. The number of anilines is 2. The monoisotopic (exact) mass is 289 g/mol. The van der Waals surface area contributed by atoms with Crippen molar-refractivity contribution in [2.24, 2.45) is 0 Å². The predicted molar refractivity (Wildman–Crippen MR) is 87.9 cm³/mol. The molecule has 2 rings (SSSR count). The van der Waals surface area contributed by atoms with E-state index < -0.39 is 0 Å². The fourth-order valence-corrected chi connectivity index (χ4v) is 2.81. The van der Waals surface area contributed by atoms with E-state index in [1.54, 1.807) is 11.3 Å². The molecule has 0 spiro atoms. The molecule has 1 heterocycles. The van der Waals surface area contributed by atoms with Crippen molar-refractivity contribution in [2.45, 2.75) is 39.8 Å². The lowest BCUT2D eigenvalue weighted by molar-refractivity contribution is 0.425. The summed E-state index contributed by atoms with van der Waals surface area (Å²) < 4.78 is 0. The second-order valence-electron chi connectivity index (χ2n) is 6.00. The Morgan fingerprint density at radius 1 is 1.20 bits per heavy atom. The van der Waals surface area contributed by atoms with Crippen LogP contribution >= 0.6 is 11.3 Å². The molecule has 4 heteroatoms. The zero-order valence-corrected chi connectivity index (χ0v) is 13.7.